The van der Waals surface area contributed by atoms with Crippen LogP contribution in [0.4, 0.5) is 0 Å². The Morgan fingerprint density at radius 3 is 2.29 bits per heavy atom. The van der Waals surface area contributed by atoms with Crippen LogP contribution in [-0.4, -0.2) is 0 Å². The Labute approximate surface area is 109 Å². The van der Waals surface area contributed by atoms with Gasteiger partial charge in [0.05, 0.1) is 0 Å². The predicted octanol–water partition coefficient (Wildman–Crippen LogP) is 5.83. The third kappa shape index (κ3) is 3.36. The van der Waals surface area contributed by atoms with E-state index in [2.05, 4.69) is 40.3 Å². The fourth-order valence-corrected chi connectivity index (χ4v) is 3.57. The van der Waals surface area contributed by atoms with Crippen molar-refractivity contribution in [2.24, 2.45) is 23.2 Å². The molecule has 0 saturated heterocycles. The van der Waals surface area contributed by atoms with Gasteiger partial charge in [0.15, 0.2) is 0 Å². The first-order chi connectivity index (χ1) is 8.08. The van der Waals surface area contributed by atoms with Crippen LogP contribution in [0.25, 0.3) is 0 Å². The Hall–Kier alpha value is -0.260. The Balaban J connectivity index is 2.14. The lowest BCUT2D eigenvalue weighted by molar-refractivity contribution is 0.297. The Morgan fingerprint density at radius 2 is 1.76 bits per heavy atom. The van der Waals surface area contributed by atoms with Gasteiger partial charge >= 0.3 is 0 Å². The van der Waals surface area contributed by atoms with Crippen molar-refractivity contribution in [3.05, 3.63) is 12.7 Å². The highest BCUT2D eigenvalue weighted by molar-refractivity contribution is 5.14. The summed E-state index contributed by atoms with van der Waals surface area (Å²) in [6.07, 6.45) is 12.1. The Morgan fingerprint density at radius 1 is 1.18 bits per heavy atom. The minimum absolute atomic E-state index is 0.561. The molecule has 0 heterocycles. The van der Waals surface area contributed by atoms with Crippen LogP contribution in [0.5, 0.6) is 0 Å². The molecule has 0 nitrogen and oxygen atoms in total. The zero-order valence-corrected chi connectivity index (χ0v) is 12.5. The summed E-state index contributed by atoms with van der Waals surface area (Å²) in [5, 5.41) is 0. The summed E-state index contributed by atoms with van der Waals surface area (Å²) in [5.74, 6) is 2.50. The number of allylic oxidation sites excluding steroid dienone is 1. The molecule has 0 aromatic heterocycles. The molecule has 0 aromatic rings. The largest absolute Gasteiger partial charge is 0.103 e. The molecule has 0 bridgehead atoms. The molecule has 100 valence electrons. The molecule has 0 radical (unpaired) electrons. The van der Waals surface area contributed by atoms with Gasteiger partial charge in [0.1, 0.15) is 0 Å². The van der Waals surface area contributed by atoms with Crippen molar-refractivity contribution in [2.75, 3.05) is 0 Å². The molecule has 0 amide bonds. The standard InChI is InChI=1S/C17H32/c1-6-8-9-10-11-12-13-14(3)17(5)15(4)16(17)7-2/h7,14-16H,2,6,8-13H2,1,3-5H3. The molecule has 1 saturated carbocycles. The molecule has 4 unspecified atom stereocenters. The van der Waals surface area contributed by atoms with Crippen LogP contribution in [0.1, 0.15) is 72.6 Å². The molecule has 17 heavy (non-hydrogen) atoms. The summed E-state index contributed by atoms with van der Waals surface area (Å²) >= 11 is 0. The van der Waals surface area contributed by atoms with E-state index in [1.54, 1.807) is 0 Å². The Bertz CT molecular complexity index is 230. The van der Waals surface area contributed by atoms with Gasteiger partial charge in [-0.15, -0.1) is 6.58 Å². The fourth-order valence-electron chi connectivity index (χ4n) is 3.57. The summed E-state index contributed by atoms with van der Waals surface area (Å²) in [4.78, 5) is 0. The summed E-state index contributed by atoms with van der Waals surface area (Å²) in [6, 6.07) is 0. The van der Waals surface area contributed by atoms with Crippen LogP contribution in [-0.2, 0) is 0 Å². The van der Waals surface area contributed by atoms with E-state index in [4.69, 9.17) is 0 Å². The minimum atomic E-state index is 0.561. The van der Waals surface area contributed by atoms with Crippen LogP contribution in [0.2, 0.25) is 0 Å². The van der Waals surface area contributed by atoms with Crippen LogP contribution in [0, 0.1) is 23.2 Å². The predicted molar refractivity (Wildman–Crippen MR) is 78.1 cm³/mol. The summed E-state index contributed by atoms with van der Waals surface area (Å²) in [5.41, 5.74) is 0.561. The smallest absolute Gasteiger partial charge is 0.0146 e. The number of rotatable bonds is 9. The minimum Gasteiger partial charge on any atom is -0.103 e. The van der Waals surface area contributed by atoms with Crippen LogP contribution in [0.3, 0.4) is 0 Å². The molecule has 1 aliphatic carbocycles. The van der Waals surface area contributed by atoms with E-state index < -0.39 is 0 Å². The summed E-state index contributed by atoms with van der Waals surface area (Å²) in [7, 11) is 0. The first kappa shape index (κ1) is 14.8. The number of hydrogen-bond acceptors (Lipinski definition) is 0. The average Bonchev–Trinajstić information content (AvgIpc) is 2.86. The average molecular weight is 236 g/mol. The maximum absolute atomic E-state index is 3.98. The van der Waals surface area contributed by atoms with E-state index in [-0.39, 0.29) is 0 Å². The molecule has 0 N–H and O–H groups in total. The van der Waals surface area contributed by atoms with E-state index in [0.717, 1.165) is 17.8 Å². The van der Waals surface area contributed by atoms with Gasteiger partial charge in [-0.2, -0.15) is 0 Å². The molecule has 1 aliphatic rings. The zero-order chi connectivity index (χ0) is 12.9. The SMILES string of the molecule is C=CC1C(C)C1(C)C(C)CCCCCCCC. The highest BCUT2D eigenvalue weighted by Gasteiger charge is 2.58. The lowest BCUT2D eigenvalue weighted by atomic mass is 9.84. The van der Waals surface area contributed by atoms with Gasteiger partial charge in [0.2, 0.25) is 0 Å². The summed E-state index contributed by atoms with van der Waals surface area (Å²) in [6.45, 7) is 13.6. The third-order valence-corrected chi connectivity index (χ3v) is 5.44. The van der Waals surface area contributed by atoms with E-state index in [0.29, 0.717) is 5.41 Å². The van der Waals surface area contributed by atoms with Gasteiger partial charge in [-0.3, -0.25) is 0 Å². The summed E-state index contributed by atoms with van der Waals surface area (Å²) < 4.78 is 0. The molecule has 1 rings (SSSR count). The monoisotopic (exact) mass is 236 g/mol. The van der Waals surface area contributed by atoms with Crippen molar-refractivity contribution in [1.82, 2.24) is 0 Å². The van der Waals surface area contributed by atoms with E-state index in [9.17, 15) is 0 Å². The normalized spacial score (nSPS) is 33.4. The molecule has 0 heteroatoms. The molecule has 1 fully saturated rings. The van der Waals surface area contributed by atoms with Crippen LogP contribution in [0.15, 0.2) is 12.7 Å². The molecular weight excluding hydrogens is 204 g/mol. The molecular formula is C17H32. The number of hydrogen-bond donors (Lipinski definition) is 0. The molecule has 0 spiro atoms. The maximum atomic E-state index is 3.98. The van der Waals surface area contributed by atoms with E-state index in [1.165, 1.54) is 44.9 Å². The van der Waals surface area contributed by atoms with Gasteiger partial charge < -0.3 is 0 Å². The maximum Gasteiger partial charge on any atom is -0.0146 e. The second-order valence-electron chi connectivity index (χ2n) is 6.37. The zero-order valence-electron chi connectivity index (χ0n) is 12.5. The first-order valence-electron chi connectivity index (χ1n) is 7.71. The highest BCUT2D eigenvalue weighted by Crippen LogP contribution is 2.64. The van der Waals surface area contributed by atoms with Gasteiger partial charge in [-0.25, -0.2) is 0 Å². The second kappa shape index (κ2) is 6.61. The second-order valence-corrected chi connectivity index (χ2v) is 6.37. The van der Waals surface area contributed by atoms with Crippen molar-refractivity contribution in [2.45, 2.75) is 72.6 Å². The molecule has 4 atom stereocenters. The topological polar surface area (TPSA) is 0 Å². The fraction of sp³-hybridized carbons (Fsp3) is 0.882. The quantitative estimate of drug-likeness (QED) is 0.349. The van der Waals surface area contributed by atoms with Gasteiger partial charge in [-0.05, 0) is 23.2 Å². The molecule has 0 aliphatic heterocycles. The lowest BCUT2D eigenvalue weighted by Gasteiger charge is -2.20. The highest BCUT2D eigenvalue weighted by atomic mass is 14.6. The van der Waals surface area contributed by atoms with Gasteiger partial charge in [0.25, 0.3) is 0 Å². The van der Waals surface area contributed by atoms with E-state index >= 15 is 0 Å². The number of unbranched alkanes of at least 4 members (excludes halogenated alkanes) is 5. The van der Waals surface area contributed by atoms with Crippen molar-refractivity contribution >= 4 is 0 Å². The van der Waals surface area contributed by atoms with Gasteiger partial charge in [-0.1, -0.05) is 78.7 Å². The van der Waals surface area contributed by atoms with E-state index in [1.807, 2.05) is 0 Å². The first-order valence-corrected chi connectivity index (χ1v) is 7.71. The molecule has 0 aromatic carbocycles. The Kier molecular flexibility index (Phi) is 5.76. The van der Waals surface area contributed by atoms with Crippen molar-refractivity contribution < 1.29 is 0 Å². The lowest BCUT2D eigenvalue weighted by Crippen LogP contribution is -2.12. The van der Waals surface area contributed by atoms with Crippen LogP contribution >= 0.6 is 0 Å². The van der Waals surface area contributed by atoms with Crippen LogP contribution < -0.4 is 0 Å². The van der Waals surface area contributed by atoms with Crippen molar-refractivity contribution in [3.63, 3.8) is 0 Å². The third-order valence-electron chi connectivity index (χ3n) is 5.44. The van der Waals surface area contributed by atoms with Crippen molar-refractivity contribution in [1.29, 1.82) is 0 Å². The van der Waals surface area contributed by atoms with Gasteiger partial charge in [0, 0.05) is 0 Å². The van der Waals surface area contributed by atoms with Crippen molar-refractivity contribution in [3.8, 4) is 0 Å².